The molecule has 0 fully saturated rings. The normalized spacial score (nSPS) is 12.9. The number of amides is 2. The van der Waals surface area contributed by atoms with Crippen LogP contribution < -0.4 is 5.32 Å². The van der Waals surface area contributed by atoms with Crippen molar-refractivity contribution in [1.29, 1.82) is 0 Å². The van der Waals surface area contributed by atoms with Gasteiger partial charge in [-0.15, -0.1) is 0 Å². The van der Waals surface area contributed by atoms with Crippen LogP contribution in [0.5, 0.6) is 0 Å². The van der Waals surface area contributed by atoms with E-state index < -0.39 is 30.6 Å². The first-order chi connectivity index (χ1) is 8.11. The Balaban J connectivity index is 3.96. The monoisotopic (exact) mass is 270 g/mol. The molecule has 0 aromatic heterocycles. The molecule has 8 heteroatoms. The summed E-state index contributed by atoms with van der Waals surface area (Å²) in [5, 5.41) is 10.6. The molecule has 0 aliphatic carbocycles. The lowest BCUT2D eigenvalue weighted by Gasteiger charge is -2.21. The van der Waals surface area contributed by atoms with Crippen molar-refractivity contribution in [2.45, 2.75) is 38.4 Å². The van der Waals surface area contributed by atoms with Gasteiger partial charge in [0.2, 0.25) is 0 Å². The maximum absolute atomic E-state index is 12.0. The van der Waals surface area contributed by atoms with Gasteiger partial charge in [-0.2, -0.15) is 13.2 Å². The van der Waals surface area contributed by atoms with Crippen molar-refractivity contribution in [1.82, 2.24) is 10.2 Å². The van der Waals surface area contributed by atoms with E-state index in [2.05, 4.69) is 5.32 Å². The highest BCUT2D eigenvalue weighted by atomic mass is 19.4. The Morgan fingerprint density at radius 3 is 2.39 bits per heavy atom. The average molecular weight is 270 g/mol. The van der Waals surface area contributed by atoms with E-state index >= 15 is 0 Å². The molecule has 2 amide bonds. The minimum absolute atomic E-state index is 0.0876. The van der Waals surface area contributed by atoms with Crippen LogP contribution in [0.4, 0.5) is 18.0 Å². The summed E-state index contributed by atoms with van der Waals surface area (Å²) in [6.45, 7) is 1.44. The lowest BCUT2D eigenvalue weighted by Crippen LogP contribution is -2.43. The van der Waals surface area contributed by atoms with Crippen molar-refractivity contribution >= 4 is 12.0 Å². The molecule has 0 heterocycles. The number of hydrogen-bond donors (Lipinski definition) is 2. The van der Waals surface area contributed by atoms with E-state index in [1.54, 1.807) is 0 Å². The van der Waals surface area contributed by atoms with Crippen LogP contribution in [0.3, 0.4) is 0 Å². The summed E-state index contributed by atoms with van der Waals surface area (Å²) < 4.78 is 36.1. The van der Waals surface area contributed by atoms with Gasteiger partial charge < -0.3 is 15.3 Å². The molecule has 0 spiro atoms. The van der Waals surface area contributed by atoms with E-state index in [0.29, 0.717) is 0 Å². The third-order valence-electron chi connectivity index (χ3n) is 2.14. The molecule has 0 saturated carbocycles. The van der Waals surface area contributed by atoms with E-state index in [1.807, 2.05) is 0 Å². The minimum atomic E-state index is -4.32. The fourth-order valence-electron chi connectivity index (χ4n) is 1.29. The number of urea groups is 1. The Morgan fingerprint density at radius 1 is 1.39 bits per heavy atom. The highest BCUT2D eigenvalue weighted by molar-refractivity contribution is 5.74. The molecule has 0 aliphatic heterocycles. The van der Waals surface area contributed by atoms with Crippen LogP contribution in [0.2, 0.25) is 0 Å². The summed E-state index contributed by atoms with van der Waals surface area (Å²) in [7, 11) is 1.40. The zero-order valence-corrected chi connectivity index (χ0v) is 10.3. The first-order valence-corrected chi connectivity index (χ1v) is 5.42. The molecule has 0 bridgehead atoms. The Morgan fingerprint density at radius 2 is 1.94 bits per heavy atom. The standard InChI is InChI=1S/C10H17F3N2O3/c1-7(6-10(11,12)13)14-9(18)15(2)5-3-4-8(16)17/h7H,3-6H2,1-2H3,(H,14,18)(H,16,17). The molecule has 0 rings (SSSR count). The Hall–Kier alpha value is -1.47. The number of carbonyl (C=O) groups excluding carboxylic acids is 1. The zero-order valence-electron chi connectivity index (χ0n) is 10.3. The Bertz CT molecular complexity index is 295. The second-order valence-electron chi connectivity index (χ2n) is 4.09. The second kappa shape index (κ2) is 7.07. The summed E-state index contributed by atoms with van der Waals surface area (Å²) in [6, 6.07) is -1.66. The summed E-state index contributed by atoms with van der Waals surface area (Å²) in [6.07, 6.45) is -5.25. The van der Waals surface area contributed by atoms with Gasteiger partial charge in [0.25, 0.3) is 0 Å². The number of carboxylic acids is 1. The van der Waals surface area contributed by atoms with E-state index in [9.17, 15) is 22.8 Å². The van der Waals surface area contributed by atoms with Crippen LogP contribution in [0, 0.1) is 0 Å². The van der Waals surface area contributed by atoms with Gasteiger partial charge in [0.05, 0.1) is 6.42 Å². The number of rotatable bonds is 6. The molecule has 0 saturated heterocycles. The molecule has 18 heavy (non-hydrogen) atoms. The fourth-order valence-corrected chi connectivity index (χ4v) is 1.29. The van der Waals surface area contributed by atoms with Gasteiger partial charge >= 0.3 is 18.2 Å². The quantitative estimate of drug-likeness (QED) is 0.773. The smallest absolute Gasteiger partial charge is 0.391 e. The zero-order chi connectivity index (χ0) is 14.3. The lowest BCUT2D eigenvalue weighted by atomic mass is 10.2. The molecule has 0 aromatic rings. The van der Waals surface area contributed by atoms with Crippen LogP contribution in [0.15, 0.2) is 0 Å². The third kappa shape index (κ3) is 8.66. The van der Waals surface area contributed by atoms with Crippen LogP contribution in [0.25, 0.3) is 0 Å². The van der Waals surface area contributed by atoms with Crippen molar-refractivity contribution in [3.05, 3.63) is 0 Å². The molecule has 0 aromatic carbocycles. The molecule has 0 aliphatic rings. The van der Waals surface area contributed by atoms with Gasteiger partial charge in [0.15, 0.2) is 0 Å². The molecule has 1 atom stereocenters. The van der Waals surface area contributed by atoms with Crippen molar-refractivity contribution < 1.29 is 27.9 Å². The van der Waals surface area contributed by atoms with E-state index in [1.165, 1.54) is 14.0 Å². The highest BCUT2D eigenvalue weighted by Gasteiger charge is 2.30. The number of nitrogens with one attached hydrogen (secondary N) is 1. The number of carboxylic acid groups (broad SMARTS) is 1. The van der Waals surface area contributed by atoms with Gasteiger partial charge in [0.1, 0.15) is 0 Å². The molecule has 1 unspecified atom stereocenters. The maximum atomic E-state index is 12.0. The highest BCUT2D eigenvalue weighted by Crippen LogP contribution is 2.21. The predicted molar refractivity (Wildman–Crippen MR) is 58.2 cm³/mol. The van der Waals surface area contributed by atoms with Gasteiger partial charge in [-0.1, -0.05) is 0 Å². The topological polar surface area (TPSA) is 69.6 Å². The van der Waals surface area contributed by atoms with Crippen LogP contribution in [-0.4, -0.2) is 47.8 Å². The van der Waals surface area contributed by atoms with Gasteiger partial charge in [-0.05, 0) is 13.3 Å². The van der Waals surface area contributed by atoms with Gasteiger partial charge in [-0.3, -0.25) is 4.79 Å². The third-order valence-corrected chi connectivity index (χ3v) is 2.14. The Labute approximate surface area is 103 Å². The molecular formula is C10H17F3N2O3. The maximum Gasteiger partial charge on any atom is 0.391 e. The van der Waals surface area contributed by atoms with Crippen molar-refractivity contribution in [2.75, 3.05) is 13.6 Å². The van der Waals surface area contributed by atoms with E-state index in [-0.39, 0.29) is 19.4 Å². The largest absolute Gasteiger partial charge is 0.481 e. The van der Waals surface area contributed by atoms with Crippen LogP contribution in [-0.2, 0) is 4.79 Å². The summed E-state index contributed by atoms with van der Waals surface area (Å²) in [5.74, 6) is -0.978. The SMILES string of the molecule is CC(CC(F)(F)F)NC(=O)N(C)CCCC(=O)O. The molecule has 0 radical (unpaired) electrons. The first kappa shape index (κ1) is 16.5. The predicted octanol–water partition coefficient (Wildman–Crippen LogP) is 1.83. The van der Waals surface area contributed by atoms with Crippen LogP contribution in [0.1, 0.15) is 26.2 Å². The summed E-state index contributed by atoms with van der Waals surface area (Å²) in [4.78, 5) is 22.8. The summed E-state index contributed by atoms with van der Waals surface area (Å²) >= 11 is 0. The van der Waals surface area contributed by atoms with Crippen molar-refractivity contribution in [3.63, 3.8) is 0 Å². The average Bonchev–Trinajstić information content (AvgIpc) is 2.13. The Kier molecular flexibility index (Phi) is 6.50. The molecule has 2 N–H and O–H groups in total. The van der Waals surface area contributed by atoms with Crippen molar-refractivity contribution in [3.8, 4) is 0 Å². The number of alkyl halides is 3. The van der Waals surface area contributed by atoms with E-state index in [0.717, 1.165) is 4.90 Å². The van der Waals surface area contributed by atoms with E-state index in [4.69, 9.17) is 5.11 Å². The molecule has 106 valence electrons. The van der Waals surface area contributed by atoms with Crippen molar-refractivity contribution in [2.24, 2.45) is 0 Å². The second-order valence-corrected chi connectivity index (χ2v) is 4.09. The minimum Gasteiger partial charge on any atom is -0.481 e. The van der Waals surface area contributed by atoms with Gasteiger partial charge in [-0.25, -0.2) is 4.79 Å². The first-order valence-electron chi connectivity index (χ1n) is 5.42. The fraction of sp³-hybridized carbons (Fsp3) is 0.800. The number of aliphatic carboxylic acids is 1. The number of hydrogen-bond acceptors (Lipinski definition) is 2. The summed E-state index contributed by atoms with van der Waals surface area (Å²) in [5.41, 5.74) is 0. The number of halogens is 3. The molecular weight excluding hydrogens is 253 g/mol. The number of carbonyl (C=O) groups is 2. The number of nitrogens with zero attached hydrogens (tertiary/aromatic N) is 1. The van der Waals surface area contributed by atoms with Crippen LogP contribution >= 0.6 is 0 Å². The van der Waals surface area contributed by atoms with Gasteiger partial charge in [0, 0.05) is 26.1 Å². The molecule has 5 nitrogen and oxygen atoms in total. The lowest BCUT2D eigenvalue weighted by molar-refractivity contribution is -0.139.